The van der Waals surface area contributed by atoms with Crippen LogP contribution in [0.3, 0.4) is 0 Å². The van der Waals surface area contributed by atoms with E-state index in [9.17, 15) is 13.2 Å². The molecule has 132 valence electrons. The van der Waals surface area contributed by atoms with Crippen molar-refractivity contribution in [1.29, 1.82) is 0 Å². The minimum Gasteiger partial charge on any atom is -0.351 e. The maximum absolute atomic E-state index is 12.9. The van der Waals surface area contributed by atoms with E-state index in [0.717, 1.165) is 9.87 Å². The minimum absolute atomic E-state index is 0.0654. The van der Waals surface area contributed by atoms with Gasteiger partial charge in [0.1, 0.15) is 0 Å². The van der Waals surface area contributed by atoms with Crippen LogP contribution in [0.1, 0.15) is 5.56 Å². The lowest BCUT2D eigenvalue weighted by Gasteiger charge is -2.22. The molecule has 1 N–H and O–H groups in total. The summed E-state index contributed by atoms with van der Waals surface area (Å²) >= 11 is 5.87. The number of amides is 1. The monoisotopic (exact) mass is 378 g/mol. The Hall–Kier alpha value is -2.15. The van der Waals surface area contributed by atoms with Crippen molar-refractivity contribution in [2.24, 2.45) is 0 Å². The summed E-state index contributed by atoms with van der Waals surface area (Å²) in [4.78, 5) is 12.2. The van der Waals surface area contributed by atoms with E-state index in [1.165, 1.54) is 18.2 Å². The first-order valence-electron chi connectivity index (χ1n) is 7.60. The van der Waals surface area contributed by atoms with Crippen molar-refractivity contribution < 1.29 is 13.2 Å². The summed E-state index contributed by atoms with van der Waals surface area (Å²) in [5, 5.41) is 3.16. The van der Waals surface area contributed by atoms with E-state index in [1.54, 1.807) is 42.5 Å². The predicted molar refractivity (Wildman–Crippen MR) is 98.7 cm³/mol. The van der Waals surface area contributed by atoms with Crippen LogP contribution in [0.5, 0.6) is 0 Å². The molecule has 0 aliphatic heterocycles. The molecule has 0 unspecified atom stereocenters. The Morgan fingerprint density at radius 1 is 1.12 bits per heavy atom. The van der Waals surface area contributed by atoms with Crippen molar-refractivity contribution in [3.8, 4) is 0 Å². The number of sulfonamides is 1. The van der Waals surface area contributed by atoms with E-state index < -0.39 is 15.9 Å². The molecule has 2 aromatic carbocycles. The van der Waals surface area contributed by atoms with Crippen molar-refractivity contribution in [1.82, 2.24) is 9.62 Å². The molecule has 0 saturated heterocycles. The SMILES string of the molecule is C=CCNC(=O)CN(Cc1ccc(Cl)cc1)S(=O)(=O)c1ccccc1. The second-order valence-corrected chi connectivity index (χ2v) is 7.68. The highest BCUT2D eigenvalue weighted by Crippen LogP contribution is 2.19. The lowest BCUT2D eigenvalue weighted by Crippen LogP contribution is -2.40. The molecule has 0 aliphatic carbocycles. The van der Waals surface area contributed by atoms with Gasteiger partial charge in [0, 0.05) is 18.1 Å². The highest BCUT2D eigenvalue weighted by molar-refractivity contribution is 7.89. The average molecular weight is 379 g/mol. The van der Waals surface area contributed by atoms with Crippen LogP contribution in [0.2, 0.25) is 5.02 Å². The number of hydrogen-bond donors (Lipinski definition) is 1. The van der Waals surface area contributed by atoms with E-state index >= 15 is 0 Å². The Labute approximate surface area is 153 Å². The van der Waals surface area contributed by atoms with E-state index in [2.05, 4.69) is 11.9 Å². The molecule has 5 nitrogen and oxygen atoms in total. The lowest BCUT2D eigenvalue weighted by molar-refractivity contribution is -0.121. The van der Waals surface area contributed by atoms with Crippen molar-refractivity contribution in [2.75, 3.05) is 13.1 Å². The third-order valence-corrected chi connectivity index (χ3v) is 5.47. The Morgan fingerprint density at radius 3 is 2.36 bits per heavy atom. The summed E-state index contributed by atoms with van der Waals surface area (Å²) in [5.74, 6) is -0.395. The van der Waals surface area contributed by atoms with E-state index in [0.29, 0.717) is 5.02 Å². The van der Waals surface area contributed by atoms with Gasteiger partial charge in [0.25, 0.3) is 0 Å². The number of hydrogen-bond acceptors (Lipinski definition) is 3. The molecule has 2 rings (SSSR count). The van der Waals surface area contributed by atoms with Gasteiger partial charge in [-0.3, -0.25) is 4.79 Å². The van der Waals surface area contributed by atoms with Gasteiger partial charge in [-0.2, -0.15) is 4.31 Å². The molecular weight excluding hydrogens is 360 g/mol. The van der Waals surface area contributed by atoms with Gasteiger partial charge < -0.3 is 5.32 Å². The van der Waals surface area contributed by atoms with Crippen LogP contribution in [-0.2, 0) is 21.4 Å². The fourth-order valence-corrected chi connectivity index (χ4v) is 3.69. The predicted octanol–water partition coefficient (Wildman–Crippen LogP) is 2.83. The Kier molecular flexibility index (Phi) is 6.75. The van der Waals surface area contributed by atoms with Gasteiger partial charge in [0.05, 0.1) is 11.4 Å². The second-order valence-electron chi connectivity index (χ2n) is 5.31. The van der Waals surface area contributed by atoms with Crippen LogP contribution in [0.25, 0.3) is 0 Å². The van der Waals surface area contributed by atoms with Gasteiger partial charge in [-0.25, -0.2) is 8.42 Å². The standard InChI is InChI=1S/C18H19ClN2O3S/c1-2-12-20-18(22)14-21(13-15-8-10-16(19)11-9-15)25(23,24)17-6-4-3-5-7-17/h2-11H,1,12-14H2,(H,20,22). The summed E-state index contributed by atoms with van der Waals surface area (Å²) in [6.45, 7) is 3.58. The zero-order chi connectivity index (χ0) is 18.3. The highest BCUT2D eigenvalue weighted by Gasteiger charge is 2.26. The van der Waals surface area contributed by atoms with Crippen molar-refractivity contribution in [3.63, 3.8) is 0 Å². The fourth-order valence-electron chi connectivity index (χ4n) is 2.16. The van der Waals surface area contributed by atoms with Crippen molar-refractivity contribution in [2.45, 2.75) is 11.4 Å². The second kappa shape index (κ2) is 8.80. The van der Waals surface area contributed by atoms with E-state index in [1.807, 2.05) is 0 Å². The molecule has 25 heavy (non-hydrogen) atoms. The number of nitrogens with one attached hydrogen (secondary N) is 1. The van der Waals surface area contributed by atoms with E-state index in [-0.39, 0.29) is 24.5 Å². The molecule has 1 amide bonds. The average Bonchev–Trinajstić information content (AvgIpc) is 2.62. The number of benzene rings is 2. The minimum atomic E-state index is -3.82. The molecule has 0 heterocycles. The van der Waals surface area contributed by atoms with Gasteiger partial charge in [0.15, 0.2) is 0 Å². The van der Waals surface area contributed by atoms with Crippen LogP contribution in [0.4, 0.5) is 0 Å². The van der Waals surface area contributed by atoms with Crippen LogP contribution >= 0.6 is 11.6 Å². The highest BCUT2D eigenvalue weighted by atomic mass is 35.5. The topological polar surface area (TPSA) is 66.5 Å². The lowest BCUT2D eigenvalue weighted by atomic mass is 10.2. The summed E-state index contributed by atoms with van der Waals surface area (Å²) in [7, 11) is -3.82. The number of halogens is 1. The first kappa shape index (κ1) is 19.2. The summed E-state index contributed by atoms with van der Waals surface area (Å²) in [6.07, 6.45) is 1.53. The van der Waals surface area contributed by atoms with E-state index in [4.69, 9.17) is 11.6 Å². The third kappa shape index (κ3) is 5.42. The summed E-state index contributed by atoms with van der Waals surface area (Å²) < 4.78 is 27.0. The first-order chi connectivity index (χ1) is 11.9. The first-order valence-corrected chi connectivity index (χ1v) is 9.42. The molecule has 7 heteroatoms. The van der Waals surface area contributed by atoms with Gasteiger partial charge in [-0.15, -0.1) is 6.58 Å². The van der Waals surface area contributed by atoms with Gasteiger partial charge >= 0.3 is 0 Å². The normalized spacial score (nSPS) is 11.3. The van der Waals surface area contributed by atoms with Crippen molar-refractivity contribution in [3.05, 3.63) is 77.8 Å². The number of rotatable bonds is 8. The molecule has 0 spiro atoms. The van der Waals surface area contributed by atoms with Gasteiger partial charge in [0.2, 0.25) is 15.9 Å². The quantitative estimate of drug-likeness (QED) is 0.718. The smallest absolute Gasteiger partial charge is 0.243 e. The van der Waals surface area contributed by atoms with Crippen LogP contribution in [0.15, 0.2) is 72.1 Å². The molecule has 0 saturated carbocycles. The molecule has 0 aliphatic rings. The van der Waals surface area contributed by atoms with Gasteiger partial charge in [-0.05, 0) is 29.8 Å². The zero-order valence-electron chi connectivity index (χ0n) is 13.6. The molecule has 0 bridgehead atoms. The van der Waals surface area contributed by atoms with Crippen LogP contribution in [0, 0.1) is 0 Å². The molecule has 0 fully saturated rings. The third-order valence-electron chi connectivity index (χ3n) is 3.42. The van der Waals surface area contributed by atoms with Gasteiger partial charge in [-0.1, -0.05) is 48.0 Å². The molecule has 0 aromatic heterocycles. The Balaban J connectivity index is 2.29. The molecule has 0 atom stereocenters. The fraction of sp³-hybridized carbons (Fsp3) is 0.167. The zero-order valence-corrected chi connectivity index (χ0v) is 15.1. The number of nitrogens with zero attached hydrogens (tertiary/aromatic N) is 1. The Bertz CT molecular complexity index is 821. The number of carbonyl (C=O) groups is 1. The molecule has 0 radical (unpaired) electrons. The summed E-state index contributed by atoms with van der Waals surface area (Å²) in [5.41, 5.74) is 0.737. The van der Waals surface area contributed by atoms with Crippen LogP contribution in [-0.4, -0.2) is 31.7 Å². The maximum Gasteiger partial charge on any atom is 0.243 e. The number of carbonyl (C=O) groups excluding carboxylic acids is 1. The molecule has 2 aromatic rings. The Morgan fingerprint density at radius 2 is 1.76 bits per heavy atom. The maximum atomic E-state index is 12.9. The van der Waals surface area contributed by atoms with Crippen LogP contribution < -0.4 is 5.32 Å². The van der Waals surface area contributed by atoms with Crippen molar-refractivity contribution >= 4 is 27.5 Å². The largest absolute Gasteiger partial charge is 0.351 e. The summed E-state index contributed by atoms with van der Waals surface area (Å²) in [6, 6.07) is 14.9. The molecular formula is C18H19ClN2O3S.